The van der Waals surface area contributed by atoms with Gasteiger partial charge in [0.1, 0.15) is 17.9 Å². The zero-order chi connectivity index (χ0) is 33.0. The lowest BCUT2D eigenvalue weighted by atomic mass is 10.1. The lowest BCUT2D eigenvalue weighted by molar-refractivity contribution is -0.141. The molecule has 47 heavy (non-hydrogen) atoms. The maximum absolute atomic E-state index is 14.0. The monoisotopic (exact) mass is 651 g/mol. The van der Waals surface area contributed by atoms with Crippen LogP contribution in [0.2, 0.25) is 0 Å². The van der Waals surface area contributed by atoms with Crippen LogP contribution in [0.15, 0.2) is 67.3 Å². The Balaban J connectivity index is 1.21. The van der Waals surface area contributed by atoms with Gasteiger partial charge < -0.3 is 29.3 Å². The van der Waals surface area contributed by atoms with E-state index in [0.29, 0.717) is 30.2 Å². The number of ether oxygens (including phenoxy) is 3. The topological polar surface area (TPSA) is 124 Å². The number of amides is 2. The molecule has 2 aromatic heterocycles. The number of carbonyl (C=O) groups excluding carboxylic acids is 2. The Hall–Kier alpha value is -5.34. The number of alkyl halides is 3. The fourth-order valence-electron chi connectivity index (χ4n) is 5.56. The van der Waals surface area contributed by atoms with Crippen LogP contribution in [0.1, 0.15) is 23.2 Å². The first-order valence-electron chi connectivity index (χ1n) is 14.9. The summed E-state index contributed by atoms with van der Waals surface area (Å²) in [6.45, 7) is 0.898. The summed E-state index contributed by atoms with van der Waals surface area (Å²) in [5.74, 6) is 1.14. The first-order chi connectivity index (χ1) is 22.7. The molecule has 6 rings (SSSR count). The van der Waals surface area contributed by atoms with E-state index in [2.05, 4.69) is 20.3 Å². The molecule has 1 fully saturated rings. The number of fused-ring (bicyclic) bond motifs is 1. The number of aromatic nitrogens is 4. The third-order valence-electron chi connectivity index (χ3n) is 7.94. The van der Waals surface area contributed by atoms with Gasteiger partial charge in [-0.3, -0.25) is 14.2 Å². The summed E-state index contributed by atoms with van der Waals surface area (Å²) in [6, 6.07) is 13.0. The van der Waals surface area contributed by atoms with Gasteiger partial charge in [0.25, 0.3) is 0 Å². The van der Waals surface area contributed by atoms with Crippen LogP contribution in [0.3, 0.4) is 0 Å². The first kappa shape index (κ1) is 31.6. The van der Waals surface area contributed by atoms with Gasteiger partial charge in [0.2, 0.25) is 24.6 Å². The highest BCUT2D eigenvalue weighted by atomic mass is 19.4. The van der Waals surface area contributed by atoms with E-state index in [9.17, 15) is 22.8 Å². The van der Waals surface area contributed by atoms with E-state index in [4.69, 9.17) is 14.2 Å². The quantitative estimate of drug-likeness (QED) is 0.275. The van der Waals surface area contributed by atoms with Crippen molar-refractivity contribution in [3.63, 3.8) is 0 Å². The van der Waals surface area contributed by atoms with Gasteiger partial charge in [0.05, 0.1) is 19.6 Å². The molecular formula is C32H32F3N7O5. The molecular weight excluding hydrogens is 619 g/mol. The minimum Gasteiger partial charge on any atom is -0.497 e. The van der Waals surface area contributed by atoms with Gasteiger partial charge in [-0.25, -0.2) is 9.97 Å². The van der Waals surface area contributed by atoms with Crippen LogP contribution in [0, 0.1) is 0 Å². The van der Waals surface area contributed by atoms with Gasteiger partial charge in [-0.15, -0.1) is 0 Å². The van der Waals surface area contributed by atoms with Gasteiger partial charge in [0.15, 0.2) is 17.2 Å². The lowest BCUT2D eigenvalue weighted by Crippen LogP contribution is -2.56. The van der Waals surface area contributed by atoms with Crippen molar-refractivity contribution in [2.45, 2.75) is 31.5 Å². The van der Waals surface area contributed by atoms with Gasteiger partial charge in [-0.2, -0.15) is 18.2 Å². The third-order valence-corrected chi connectivity index (χ3v) is 7.94. The number of nitrogens with zero attached hydrogens (tertiary/aromatic N) is 6. The minimum absolute atomic E-state index is 0.00641. The maximum atomic E-state index is 14.0. The van der Waals surface area contributed by atoms with Crippen molar-refractivity contribution < 1.29 is 37.0 Å². The Morgan fingerprint density at radius 2 is 1.89 bits per heavy atom. The van der Waals surface area contributed by atoms with Crippen molar-refractivity contribution in [2.75, 3.05) is 45.0 Å². The number of carbonyl (C=O) groups is 2. The fourth-order valence-corrected chi connectivity index (χ4v) is 5.56. The molecule has 0 spiro atoms. The molecule has 4 aromatic rings. The van der Waals surface area contributed by atoms with Crippen molar-refractivity contribution in [2.24, 2.45) is 0 Å². The molecule has 2 aliphatic rings. The Morgan fingerprint density at radius 3 is 2.68 bits per heavy atom. The average molecular weight is 652 g/mol. The van der Waals surface area contributed by atoms with E-state index in [-0.39, 0.29) is 62.8 Å². The van der Waals surface area contributed by atoms with Crippen LogP contribution in [0.5, 0.6) is 17.2 Å². The molecule has 4 heterocycles. The predicted octanol–water partition coefficient (Wildman–Crippen LogP) is 3.43. The fraction of sp³-hybridized carbons (Fsp3) is 0.344. The molecule has 0 bridgehead atoms. The van der Waals surface area contributed by atoms with Crippen molar-refractivity contribution in [3.8, 4) is 23.2 Å². The molecule has 2 amide bonds. The summed E-state index contributed by atoms with van der Waals surface area (Å²) in [7, 11) is 1.58. The molecule has 2 aliphatic heterocycles. The van der Waals surface area contributed by atoms with E-state index in [1.165, 1.54) is 23.3 Å². The standard InChI is InChI=1S/C32H32F3N7O5/c1-45-24-4-2-3-21(13-24)7-8-37-29(43)16-23-18-40(30(44)15-22-5-6-25-26(14-22)47-20-46-25)11-12-42(23)28-17-27(32(33,34)35)38-31(39-28)41-10-9-36-19-41/h2-6,9-10,13-14,17,19,23H,7-8,11-12,15-16,18,20H2,1H3,(H,37,43). The van der Waals surface area contributed by atoms with E-state index in [0.717, 1.165) is 17.2 Å². The molecule has 1 N–H and O–H groups in total. The van der Waals surface area contributed by atoms with Crippen molar-refractivity contribution in [3.05, 3.63) is 84.1 Å². The summed E-state index contributed by atoms with van der Waals surface area (Å²) in [5, 5.41) is 2.90. The number of halogens is 3. The number of methoxy groups -OCH3 is 1. The smallest absolute Gasteiger partial charge is 0.433 e. The normalized spacial score (nSPS) is 15.9. The van der Waals surface area contributed by atoms with E-state index in [1.54, 1.807) is 35.1 Å². The second kappa shape index (κ2) is 13.6. The Bertz CT molecular complexity index is 1730. The Morgan fingerprint density at radius 1 is 1.04 bits per heavy atom. The van der Waals surface area contributed by atoms with Crippen LogP contribution in [0.25, 0.3) is 5.95 Å². The third kappa shape index (κ3) is 7.56. The van der Waals surface area contributed by atoms with E-state index in [1.807, 2.05) is 24.3 Å². The summed E-state index contributed by atoms with van der Waals surface area (Å²) in [5.41, 5.74) is 0.565. The van der Waals surface area contributed by atoms with Crippen LogP contribution in [-0.4, -0.2) is 82.4 Å². The maximum Gasteiger partial charge on any atom is 0.433 e. The van der Waals surface area contributed by atoms with E-state index < -0.39 is 17.9 Å². The van der Waals surface area contributed by atoms with Gasteiger partial charge in [0, 0.05) is 51.1 Å². The SMILES string of the molecule is COc1cccc(CCNC(=O)CC2CN(C(=O)Cc3ccc4c(c3)OCO4)CCN2c2cc(C(F)(F)F)nc(-n3ccnc3)n2)c1. The zero-order valence-corrected chi connectivity index (χ0v) is 25.4. The second-order valence-electron chi connectivity index (χ2n) is 11.1. The largest absolute Gasteiger partial charge is 0.497 e. The summed E-state index contributed by atoms with van der Waals surface area (Å²) in [4.78, 5) is 42.0. The van der Waals surface area contributed by atoms with Gasteiger partial charge in [-0.1, -0.05) is 18.2 Å². The molecule has 12 nitrogen and oxygen atoms in total. The number of anilines is 1. The molecule has 1 atom stereocenters. The average Bonchev–Trinajstić information content (AvgIpc) is 3.77. The number of rotatable bonds is 10. The van der Waals surface area contributed by atoms with E-state index >= 15 is 0 Å². The summed E-state index contributed by atoms with van der Waals surface area (Å²) < 4.78 is 59.2. The minimum atomic E-state index is -4.75. The first-order valence-corrected chi connectivity index (χ1v) is 14.9. The number of hydrogen-bond donors (Lipinski definition) is 1. The highest BCUT2D eigenvalue weighted by Gasteiger charge is 2.37. The molecule has 0 saturated carbocycles. The molecule has 246 valence electrons. The van der Waals surface area contributed by atoms with Crippen molar-refractivity contribution in [1.82, 2.24) is 29.7 Å². The van der Waals surface area contributed by atoms with Crippen LogP contribution in [-0.2, 0) is 28.6 Å². The summed E-state index contributed by atoms with van der Waals surface area (Å²) >= 11 is 0. The molecule has 15 heteroatoms. The molecule has 0 aliphatic carbocycles. The highest BCUT2D eigenvalue weighted by Crippen LogP contribution is 2.34. The van der Waals surface area contributed by atoms with Crippen LogP contribution in [0.4, 0.5) is 19.0 Å². The van der Waals surface area contributed by atoms with Crippen LogP contribution < -0.4 is 24.4 Å². The Kier molecular flexibility index (Phi) is 9.13. The highest BCUT2D eigenvalue weighted by molar-refractivity contribution is 5.80. The number of nitrogens with one attached hydrogen (secondary N) is 1. The van der Waals surface area contributed by atoms with Gasteiger partial charge in [-0.05, 0) is 41.8 Å². The van der Waals surface area contributed by atoms with Gasteiger partial charge >= 0.3 is 6.18 Å². The summed E-state index contributed by atoms with van der Waals surface area (Å²) in [6.07, 6.45) is -0.0513. The number of imidazole rings is 1. The lowest BCUT2D eigenvalue weighted by Gasteiger charge is -2.42. The molecule has 2 aromatic carbocycles. The Labute approximate surface area is 268 Å². The van der Waals surface area contributed by atoms with Crippen molar-refractivity contribution >= 4 is 17.6 Å². The molecule has 0 radical (unpaired) electrons. The predicted molar refractivity (Wildman–Crippen MR) is 162 cm³/mol. The zero-order valence-electron chi connectivity index (χ0n) is 25.4. The second-order valence-corrected chi connectivity index (χ2v) is 11.1. The van der Waals surface area contributed by atoms with Crippen molar-refractivity contribution in [1.29, 1.82) is 0 Å². The van der Waals surface area contributed by atoms with Crippen LogP contribution >= 0.6 is 0 Å². The number of hydrogen-bond acceptors (Lipinski definition) is 9. The number of piperazine rings is 1. The molecule has 1 saturated heterocycles. The number of benzene rings is 2. The molecule has 1 unspecified atom stereocenters.